The van der Waals surface area contributed by atoms with Gasteiger partial charge in [0.25, 0.3) is 5.91 Å². The predicted octanol–water partition coefficient (Wildman–Crippen LogP) is 4.09. The second-order valence-corrected chi connectivity index (χ2v) is 9.11. The number of rotatable bonds is 7. The zero-order valence-electron chi connectivity index (χ0n) is 20.8. The Labute approximate surface area is 215 Å². The molecule has 2 aliphatic rings. The largest absolute Gasteiger partial charge is 0.497 e. The fraction of sp³-hybridized carbons (Fsp3) is 0.357. The van der Waals surface area contributed by atoms with Gasteiger partial charge in [-0.1, -0.05) is 31.4 Å². The number of methoxy groups -OCH3 is 1. The maximum absolute atomic E-state index is 14.0. The Balaban J connectivity index is 1.60. The van der Waals surface area contributed by atoms with Gasteiger partial charge in [-0.05, 0) is 42.7 Å². The summed E-state index contributed by atoms with van der Waals surface area (Å²) < 4.78 is 16.8. The molecule has 2 heterocycles. The van der Waals surface area contributed by atoms with E-state index < -0.39 is 11.9 Å². The molecule has 192 valence electrons. The molecule has 5 rings (SSSR count). The van der Waals surface area contributed by atoms with Gasteiger partial charge in [0.05, 0.1) is 13.3 Å². The van der Waals surface area contributed by atoms with Crippen LogP contribution in [0.1, 0.15) is 54.2 Å². The fourth-order valence-corrected chi connectivity index (χ4v) is 4.83. The van der Waals surface area contributed by atoms with Crippen molar-refractivity contribution >= 4 is 17.5 Å². The molecule has 0 spiro atoms. The first kappa shape index (κ1) is 24.5. The molecule has 1 N–H and O–H groups in total. The van der Waals surface area contributed by atoms with E-state index in [2.05, 4.69) is 15.3 Å². The van der Waals surface area contributed by atoms with Gasteiger partial charge in [0, 0.05) is 30.2 Å². The lowest BCUT2D eigenvalue weighted by Gasteiger charge is -2.33. The number of fused-ring (bicyclic) bond motifs is 1. The molecule has 0 saturated heterocycles. The van der Waals surface area contributed by atoms with Crippen molar-refractivity contribution in [2.75, 3.05) is 25.2 Å². The predicted molar refractivity (Wildman–Crippen MR) is 137 cm³/mol. The summed E-state index contributed by atoms with van der Waals surface area (Å²) in [7, 11) is 1.58. The molecule has 9 nitrogen and oxygen atoms in total. The number of carbonyl (C=O) groups excluding carboxylic acids is 2. The molecule has 2 aromatic carbocycles. The van der Waals surface area contributed by atoms with Gasteiger partial charge in [0.15, 0.2) is 11.5 Å². The Hall–Kier alpha value is -4.14. The minimum atomic E-state index is -0.968. The van der Waals surface area contributed by atoms with Crippen molar-refractivity contribution in [1.29, 1.82) is 0 Å². The Morgan fingerprint density at radius 2 is 1.76 bits per heavy atom. The molecule has 1 saturated carbocycles. The molecule has 3 aromatic rings. The summed E-state index contributed by atoms with van der Waals surface area (Å²) in [5.74, 6) is 1.05. The van der Waals surface area contributed by atoms with E-state index >= 15 is 0 Å². The molecular formula is C28H30N4O5. The lowest BCUT2D eigenvalue weighted by atomic mass is 9.94. The highest BCUT2D eigenvalue weighted by molar-refractivity contribution is 6.09. The summed E-state index contributed by atoms with van der Waals surface area (Å²) in [6.45, 7) is 0.853. The standard InChI is InChI=1S/C28H30N4O5/c1-35-22-10-7-19(8-11-22)26(27(33)31-20-5-3-2-4-6-20)32(28(34)23-18-29-13-14-30-23)21-9-12-24-25(17-21)37-16-15-36-24/h7-14,17-18,20,26H,2-6,15-16H2,1H3,(H,31,33)/t26-/m1/s1. The van der Waals surface area contributed by atoms with Crippen LogP contribution in [0, 0.1) is 0 Å². The summed E-state index contributed by atoms with van der Waals surface area (Å²) in [6, 6.07) is 11.5. The number of nitrogens with one attached hydrogen (secondary N) is 1. The van der Waals surface area contributed by atoms with Crippen LogP contribution >= 0.6 is 0 Å². The zero-order chi connectivity index (χ0) is 25.6. The Kier molecular flexibility index (Phi) is 7.49. The van der Waals surface area contributed by atoms with Gasteiger partial charge < -0.3 is 19.5 Å². The van der Waals surface area contributed by atoms with E-state index in [1.807, 2.05) is 0 Å². The van der Waals surface area contributed by atoms with Crippen molar-refractivity contribution in [3.63, 3.8) is 0 Å². The van der Waals surface area contributed by atoms with Crippen molar-refractivity contribution in [1.82, 2.24) is 15.3 Å². The summed E-state index contributed by atoms with van der Waals surface area (Å²) in [5, 5.41) is 3.21. The topological polar surface area (TPSA) is 103 Å². The molecule has 1 aliphatic heterocycles. The molecule has 1 aromatic heterocycles. The molecule has 1 aliphatic carbocycles. The minimum absolute atomic E-state index is 0.0655. The van der Waals surface area contributed by atoms with E-state index in [4.69, 9.17) is 14.2 Å². The molecule has 1 fully saturated rings. The van der Waals surface area contributed by atoms with Crippen LogP contribution in [-0.2, 0) is 4.79 Å². The number of hydrogen-bond acceptors (Lipinski definition) is 7. The first-order chi connectivity index (χ1) is 18.1. The maximum Gasteiger partial charge on any atom is 0.279 e. The van der Waals surface area contributed by atoms with E-state index in [-0.39, 0.29) is 17.6 Å². The number of benzene rings is 2. The lowest BCUT2D eigenvalue weighted by Crippen LogP contribution is -2.47. The van der Waals surface area contributed by atoms with Crippen LogP contribution in [0.4, 0.5) is 5.69 Å². The van der Waals surface area contributed by atoms with E-state index in [1.165, 1.54) is 29.9 Å². The lowest BCUT2D eigenvalue weighted by molar-refractivity contribution is -0.123. The van der Waals surface area contributed by atoms with Gasteiger partial charge >= 0.3 is 0 Å². The maximum atomic E-state index is 14.0. The monoisotopic (exact) mass is 502 g/mol. The van der Waals surface area contributed by atoms with E-state index in [0.717, 1.165) is 25.7 Å². The second-order valence-electron chi connectivity index (χ2n) is 9.11. The van der Waals surface area contributed by atoms with Gasteiger partial charge in [-0.25, -0.2) is 4.98 Å². The normalized spacial score (nSPS) is 15.9. The second kappa shape index (κ2) is 11.3. The van der Waals surface area contributed by atoms with Gasteiger partial charge in [-0.15, -0.1) is 0 Å². The summed E-state index contributed by atoms with van der Waals surface area (Å²) in [6.07, 6.45) is 9.51. The van der Waals surface area contributed by atoms with Crippen LogP contribution < -0.4 is 24.4 Å². The van der Waals surface area contributed by atoms with Crippen LogP contribution in [0.3, 0.4) is 0 Å². The number of ether oxygens (including phenoxy) is 3. The highest BCUT2D eigenvalue weighted by Crippen LogP contribution is 2.38. The molecule has 1 atom stereocenters. The zero-order valence-corrected chi connectivity index (χ0v) is 20.8. The highest BCUT2D eigenvalue weighted by Gasteiger charge is 2.36. The van der Waals surface area contributed by atoms with E-state index in [1.54, 1.807) is 49.6 Å². The van der Waals surface area contributed by atoms with Crippen LogP contribution in [0.5, 0.6) is 17.2 Å². The molecule has 0 radical (unpaired) electrons. The smallest absolute Gasteiger partial charge is 0.279 e. The van der Waals surface area contributed by atoms with Crippen molar-refractivity contribution in [2.45, 2.75) is 44.2 Å². The van der Waals surface area contributed by atoms with Crippen molar-refractivity contribution in [2.24, 2.45) is 0 Å². The molecule has 37 heavy (non-hydrogen) atoms. The molecule has 0 bridgehead atoms. The van der Waals surface area contributed by atoms with E-state index in [9.17, 15) is 9.59 Å². The van der Waals surface area contributed by atoms with Crippen molar-refractivity contribution < 1.29 is 23.8 Å². The van der Waals surface area contributed by atoms with Crippen molar-refractivity contribution in [3.8, 4) is 17.2 Å². The van der Waals surface area contributed by atoms with Gasteiger partial charge in [0.1, 0.15) is 30.7 Å². The Morgan fingerprint density at radius 1 is 1.00 bits per heavy atom. The number of nitrogens with zero attached hydrogens (tertiary/aromatic N) is 3. The average molecular weight is 503 g/mol. The van der Waals surface area contributed by atoms with Crippen LogP contribution in [0.2, 0.25) is 0 Å². The number of anilines is 1. The quantitative estimate of drug-likeness (QED) is 0.519. The summed E-state index contributed by atoms with van der Waals surface area (Å²) in [5.41, 5.74) is 1.25. The minimum Gasteiger partial charge on any atom is -0.497 e. The number of amides is 2. The number of aromatic nitrogens is 2. The third-order valence-corrected chi connectivity index (χ3v) is 6.69. The Morgan fingerprint density at radius 3 is 2.46 bits per heavy atom. The third kappa shape index (κ3) is 5.50. The van der Waals surface area contributed by atoms with Gasteiger partial charge in [0.2, 0.25) is 5.91 Å². The molecule has 9 heteroatoms. The molecule has 2 amide bonds. The summed E-state index contributed by atoms with van der Waals surface area (Å²) in [4.78, 5) is 37.7. The fourth-order valence-electron chi connectivity index (χ4n) is 4.83. The number of hydrogen-bond donors (Lipinski definition) is 1. The van der Waals surface area contributed by atoms with Crippen LogP contribution in [0.25, 0.3) is 0 Å². The highest BCUT2D eigenvalue weighted by atomic mass is 16.6. The van der Waals surface area contributed by atoms with Crippen LogP contribution in [-0.4, -0.2) is 48.1 Å². The Bertz CT molecular complexity index is 1230. The van der Waals surface area contributed by atoms with E-state index in [0.29, 0.717) is 41.7 Å². The molecular weight excluding hydrogens is 472 g/mol. The first-order valence-electron chi connectivity index (χ1n) is 12.6. The number of carbonyl (C=O) groups is 2. The SMILES string of the molecule is COc1ccc([C@H](C(=O)NC2CCCCC2)N(C(=O)c2cnccn2)c2ccc3c(c2)OCCO3)cc1. The van der Waals surface area contributed by atoms with Crippen molar-refractivity contribution in [3.05, 3.63) is 72.3 Å². The van der Waals surface area contributed by atoms with Gasteiger partial charge in [-0.3, -0.25) is 19.5 Å². The average Bonchev–Trinajstić information content (AvgIpc) is 2.96. The first-order valence-corrected chi connectivity index (χ1v) is 12.6. The van der Waals surface area contributed by atoms with Gasteiger partial charge in [-0.2, -0.15) is 0 Å². The third-order valence-electron chi connectivity index (χ3n) is 6.69. The molecule has 0 unspecified atom stereocenters. The summed E-state index contributed by atoms with van der Waals surface area (Å²) >= 11 is 0. The van der Waals surface area contributed by atoms with Crippen LogP contribution in [0.15, 0.2) is 61.1 Å².